The van der Waals surface area contributed by atoms with Gasteiger partial charge in [-0.25, -0.2) is 4.79 Å². The van der Waals surface area contributed by atoms with Gasteiger partial charge in [0.15, 0.2) is 0 Å². The molecule has 0 bridgehead atoms. The van der Waals surface area contributed by atoms with Crippen LogP contribution in [-0.4, -0.2) is 35.4 Å². The molecule has 1 aliphatic carbocycles. The van der Waals surface area contributed by atoms with Crippen LogP contribution in [0.2, 0.25) is 0 Å². The number of hydrogen-bond acceptors (Lipinski definition) is 2. The Hall–Kier alpha value is -0.770. The van der Waals surface area contributed by atoms with Gasteiger partial charge in [0, 0.05) is 6.04 Å². The minimum absolute atomic E-state index is 0.237. The zero-order valence-corrected chi connectivity index (χ0v) is 9.54. The van der Waals surface area contributed by atoms with Crippen LogP contribution in [-0.2, 0) is 0 Å². The number of carbonyl (C=O) groups is 1. The van der Waals surface area contributed by atoms with E-state index in [0.717, 1.165) is 25.8 Å². The summed E-state index contributed by atoms with van der Waals surface area (Å²) in [5.41, 5.74) is 0. The van der Waals surface area contributed by atoms with Crippen molar-refractivity contribution in [3.05, 3.63) is 0 Å². The molecule has 1 rings (SSSR count). The quantitative estimate of drug-likeness (QED) is 0.545. The summed E-state index contributed by atoms with van der Waals surface area (Å²) < 4.78 is 0. The van der Waals surface area contributed by atoms with Gasteiger partial charge in [-0.2, -0.15) is 0 Å². The highest BCUT2D eigenvalue weighted by atomic mass is 16.4. The lowest BCUT2D eigenvalue weighted by Gasteiger charge is -2.32. The number of rotatable bonds is 5. The van der Waals surface area contributed by atoms with Crippen molar-refractivity contribution >= 4 is 6.09 Å². The molecule has 0 aromatic rings. The Kier molecular flexibility index (Phi) is 5.47. The molecule has 0 aromatic heterocycles. The molecule has 88 valence electrons. The molecule has 1 amide bonds. The van der Waals surface area contributed by atoms with E-state index in [0.29, 0.717) is 6.67 Å². The SMILES string of the molecule is CCCNCN(C(=O)O)C1CCCCC1. The number of carboxylic acid groups (broad SMARTS) is 1. The van der Waals surface area contributed by atoms with Crippen LogP contribution in [0.15, 0.2) is 0 Å². The second-order valence-corrected chi connectivity index (χ2v) is 4.20. The summed E-state index contributed by atoms with van der Waals surface area (Å²) in [6.07, 6.45) is 5.90. The topological polar surface area (TPSA) is 52.6 Å². The lowest BCUT2D eigenvalue weighted by Crippen LogP contribution is -2.45. The molecule has 1 fully saturated rings. The first-order valence-electron chi connectivity index (χ1n) is 5.96. The van der Waals surface area contributed by atoms with E-state index in [1.54, 1.807) is 4.90 Å². The number of hydrogen-bond donors (Lipinski definition) is 2. The van der Waals surface area contributed by atoms with Crippen LogP contribution in [0.1, 0.15) is 45.4 Å². The summed E-state index contributed by atoms with van der Waals surface area (Å²) >= 11 is 0. The first kappa shape index (κ1) is 12.3. The molecule has 0 unspecified atom stereocenters. The highest BCUT2D eigenvalue weighted by Gasteiger charge is 2.24. The van der Waals surface area contributed by atoms with E-state index in [9.17, 15) is 4.79 Å². The Labute approximate surface area is 91.6 Å². The van der Waals surface area contributed by atoms with Gasteiger partial charge in [0.05, 0.1) is 6.67 Å². The van der Waals surface area contributed by atoms with Gasteiger partial charge in [-0.05, 0) is 25.8 Å². The fourth-order valence-electron chi connectivity index (χ4n) is 2.12. The largest absolute Gasteiger partial charge is 0.465 e. The highest BCUT2D eigenvalue weighted by Crippen LogP contribution is 2.22. The van der Waals surface area contributed by atoms with Crippen molar-refractivity contribution in [2.75, 3.05) is 13.2 Å². The summed E-state index contributed by atoms with van der Waals surface area (Å²) in [5, 5.41) is 12.3. The van der Waals surface area contributed by atoms with E-state index >= 15 is 0 Å². The molecule has 2 N–H and O–H groups in total. The van der Waals surface area contributed by atoms with Gasteiger partial charge in [0.2, 0.25) is 0 Å². The van der Waals surface area contributed by atoms with E-state index in [1.807, 2.05) is 0 Å². The van der Waals surface area contributed by atoms with Gasteiger partial charge in [0.1, 0.15) is 0 Å². The third-order valence-electron chi connectivity index (χ3n) is 2.97. The van der Waals surface area contributed by atoms with Crippen LogP contribution < -0.4 is 5.32 Å². The third kappa shape index (κ3) is 4.08. The van der Waals surface area contributed by atoms with Gasteiger partial charge < -0.3 is 5.11 Å². The minimum atomic E-state index is -0.787. The maximum absolute atomic E-state index is 11.1. The van der Waals surface area contributed by atoms with Crippen LogP contribution >= 0.6 is 0 Å². The van der Waals surface area contributed by atoms with E-state index < -0.39 is 6.09 Å². The summed E-state index contributed by atoms with van der Waals surface area (Å²) in [6.45, 7) is 3.45. The van der Waals surface area contributed by atoms with E-state index in [2.05, 4.69) is 12.2 Å². The molecule has 1 aliphatic rings. The van der Waals surface area contributed by atoms with Crippen LogP contribution in [0.3, 0.4) is 0 Å². The van der Waals surface area contributed by atoms with Crippen molar-refractivity contribution in [2.24, 2.45) is 0 Å². The lowest BCUT2D eigenvalue weighted by molar-refractivity contribution is 0.106. The zero-order chi connectivity index (χ0) is 11.1. The van der Waals surface area contributed by atoms with Crippen molar-refractivity contribution in [3.8, 4) is 0 Å². The Bertz CT molecular complexity index is 191. The fourth-order valence-corrected chi connectivity index (χ4v) is 2.12. The van der Waals surface area contributed by atoms with Gasteiger partial charge >= 0.3 is 6.09 Å². The molecule has 4 heteroatoms. The van der Waals surface area contributed by atoms with Crippen molar-refractivity contribution < 1.29 is 9.90 Å². The fraction of sp³-hybridized carbons (Fsp3) is 0.909. The molecule has 0 aromatic carbocycles. The van der Waals surface area contributed by atoms with Crippen LogP contribution in [0, 0.1) is 0 Å². The summed E-state index contributed by atoms with van der Waals surface area (Å²) in [6, 6.07) is 0.237. The number of amides is 1. The summed E-state index contributed by atoms with van der Waals surface area (Å²) in [4.78, 5) is 12.6. The van der Waals surface area contributed by atoms with Crippen LogP contribution in [0.5, 0.6) is 0 Å². The average Bonchev–Trinajstić information content (AvgIpc) is 2.25. The molecule has 0 atom stereocenters. The molecule has 0 heterocycles. The molecule has 0 saturated heterocycles. The molecule has 1 saturated carbocycles. The molecular formula is C11H22N2O2. The van der Waals surface area contributed by atoms with Crippen molar-refractivity contribution in [2.45, 2.75) is 51.5 Å². The Balaban J connectivity index is 2.37. The zero-order valence-electron chi connectivity index (χ0n) is 9.54. The second-order valence-electron chi connectivity index (χ2n) is 4.20. The minimum Gasteiger partial charge on any atom is -0.465 e. The summed E-state index contributed by atoms with van der Waals surface area (Å²) in [7, 11) is 0. The average molecular weight is 214 g/mol. The predicted molar refractivity (Wildman–Crippen MR) is 59.9 cm³/mol. The van der Waals surface area contributed by atoms with Crippen LogP contribution in [0.25, 0.3) is 0 Å². The summed E-state index contributed by atoms with van der Waals surface area (Å²) in [5.74, 6) is 0. The van der Waals surface area contributed by atoms with Gasteiger partial charge in [0.25, 0.3) is 0 Å². The van der Waals surface area contributed by atoms with Crippen molar-refractivity contribution in [3.63, 3.8) is 0 Å². The maximum Gasteiger partial charge on any atom is 0.408 e. The lowest BCUT2D eigenvalue weighted by atomic mass is 9.95. The van der Waals surface area contributed by atoms with Crippen LogP contribution in [0.4, 0.5) is 4.79 Å². The number of nitrogens with one attached hydrogen (secondary N) is 1. The predicted octanol–water partition coefficient (Wildman–Crippen LogP) is 2.26. The molecule has 15 heavy (non-hydrogen) atoms. The second kappa shape index (κ2) is 6.67. The first-order valence-corrected chi connectivity index (χ1v) is 5.96. The monoisotopic (exact) mass is 214 g/mol. The molecule has 0 radical (unpaired) electrons. The van der Waals surface area contributed by atoms with Gasteiger partial charge in [-0.1, -0.05) is 26.2 Å². The van der Waals surface area contributed by atoms with E-state index in [-0.39, 0.29) is 6.04 Å². The first-order chi connectivity index (χ1) is 7.25. The molecule has 4 nitrogen and oxygen atoms in total. The Morgan fingerprint density at radius 2 is 2.07 bits per heavy atom. The Morgan fingerprint density at radius 3 is 2.60 bits per heavy atom. The van der Waals surface area contributed by atoms with Gasteiger partial charge in [-0.15, -0.1) is 0 Å². The highest BCUT2D eigenvalue weighted by molar-refractivity contribution is 5.65. The maximum atomic E-state index is 11.1. The van der Waals surface area contributed by atoms with E-state index in [1.165, 1.54) is 19.3 Å². The smallest absolute Gasteiger partial charge is 0.408 e. The third-order valence-corrected chi connectivity index (χ3v) is 2.97. The molecular weight excluding hydrogens is 192 g/mol. The Morgan fingerprint density at radius 1 is 1.40 bits per heavy atom. The molecule has 0 spiro atoms. The molecule has 0 aliphatic heterocycles. The van der Waals surface area contributed by atoms with Gasteiger partial charge in [-0.3, -0.25) is 10.2 Å². The van der Waals surface area contributed by atoms with Crippen molar-refractivity contribution in [1.29, 1.82) is 0 Å². The normalized spacial score (nSPS) is 17.7. The van der Waals surface area contributed by atoms with Crippen molar-refractivity contribution in [1.82, 2.24) is 10.2 Å². The van der Waals surface area contributed by atoms with E-state index in [4.69, 9.17) is 5.11 Å². The number of nitrogens with zero attached hydrogens (tertiary/aromatic N) is 1. The standard InChI is InChI=1S/C11H22N2O2/c1-2-8-12-9-13(11(14)15)10-6-4-3-5-7-10/h10,12H,2-9H2,1H3,(H,14,15).